The number of nitrogens with zero attached hydrogens (tertiary/aromatic N) is 5. The Morgan fingerprint density at radius 1 is 1.21 bits per heavy atom. The number of carbonyl (C=O) groups is 2. The highest BCUT2D eigenvalue weighted by Crippen LogP contribution is 2.42. The van der Waals surface area contributed by atoms with Gasteiger partial charge in [-0.15, -0.1) is 5.10 Å². The third-order valence-corrected chi connectivity index (χ3v) is 5.03. The fourth-order valence-electron chi connectivity index (χ4n) is 3.56. The zero-order valence-corrected chi connectivity index (χ0v) is 16.6. The van der Waals surface area contributed by atoms with E-state index in [0.29, 0.717) is 17.9 Å². The van der Waals surface area contributed by atoms with Gasteiger partial charge in [-0.25, -0.2) is 4.79 Å². The van der Waals surface area contributed by atoms with E-state index in [4.69, 9.17) is 4.74 Å². The van der Waals surface area contributed by atoms with Gasteiger partial charge >= 0.3 is 6.09 Å². The van der Waals surface area contributed by atoms with Crippen LogP contribution in [0, 0.1) is 5.92 Å². The highest BCUT2D eigenvalue weighted by molar-refractivity contribution is 6.05. The quantitative estimate of drug-likeness (QED) is 0.814. The lowest BCUT2D eigenvalue weighted by Crippen LogP contribution is -2.52. The Hall–Kier alpha value is -2.90. The molecule has 0 spiro atoms. The number of benzene rings is 1. The number of aromatic nitrogens is 3. The van der Waals surface area contributed by atoms with Crippen LogP contribution >= 0.6 is 0 Å². The van der Waals surface area contributed by atoms with Crippen molar-refractivity contribution in [1.29, 1.82) is 0 Å². The summed E-state index contributed by atoms with van der Waals surface area (Å²) in [7, 11) is 1.80. The Bertz CT molecular complexity index is 918. The Morgan fingerprint density at radius 3 is 2.57 bits per heavy atom. The molecule has 1 atom stereocenters. The molecule has 148 valence electrons. The molecule has 2 aromatic rings. The van der Waals surface area contributed by atoms with E-state index in [1.54, 1.807) is 16.6 Å². The lowest BCUT2D eigenvalue weighted by atomic mass is 10.0. The van der Waals surface area contributed by atoms with Gasteiger partial charge in [-0.05, 0) is 45.7 Å². The third-order valence-electron chi connectivity index (χ3n) is 5.03. The molecule has 2 aliphatic rings. The predicted molar refractivity (Wildman–Crippen MR) is 105 cm³/mol. The van der Waals surface area contributed by atoms with Crippen molar-refractivity contribution < 1.29 is 14.3 Å². The largest absolute Gasteiger partial charge is 0.446 e. The van der Waals surface area contributed by atoms with E-state index in [0.717, 1.165) is 24.1 Å². The van der Waals surface area contributed by atoms with Crippen LogP contribution in [0.2, 0.25) is 0 Å². The topological polar surface area (TPSA) is 80.6 Å². The van der Waals surface area contributed by atoms with Gasteiger partial charge in [0.25, 0.3) is 0 Å². The number of anilines is 2. The average molecular weight is 383 g/mol. The first-order valence-electron chi connectivity index (χ1n) is 9.67. The van der Waals surface area contributed by atoms with Crippen LogP contribution in [0.25, 0.3) is 11.3 Å². The summed E-state index contributed by atoms with van der Waals surface area (Å²) in [6, 6.07) is 5.58. The first-order chi connectivity index (χ1) is 13.3. The van der Waals surface area contributed by atoms with E-state index in [1.165, 1.54) is 0 Å². The monoisotopic (exact) mass is 383 g/mol. The minimum atomic E-state index is -0.405. The maximum absolute atomic E-state index is 12.9. The molecular weight excluding hydrogens is 358 g/mol. The highest BCUT2D eigenvalue weighted by Gasteiger charge is 2.41. The van der Waals surface area contributed by atoms with Crippen molar-refractivity contribution in [2.45, 2.75) is 45.8 Å². The van der Waals surface area contributed by atoms with Crippen molar-refractivity contribution >= 4 is 23.4 Å². The summed E-state index contributed by atoms with van der Waals surface area (Å²) in [4.78, 5) is 29.1. The molecule has 2 heterocycles. The molecule has 2 amide bonds. The van der Waals surface area contributed by atoms with Gasteiger partial charge in [-0.3, -0.25) is 14.4 Å². The van der Waals surface area contributed by atoms with E-state index in [2.05, 4.69) is 10.3 Å². The maximum Gasteiger partial charge on any atom is 0.414 e. The van der Waals surface area contributed by atoms with Crippen LogP contribution in [0.4, 0.5) is 16.2 Å². The van der Waals surface area contributed by atoms with E-state index >= 15 is 0 Å². The van der Waals surface area contributed by atoms with Gasteiger partial charge in [0.05, 0.1) is 29.7 Å². The van der Waals surface area contributed by atoms with E-state index in [9.17, 15) is 9.59 Å². The van der Waals surface area contributed by atoms with Crippen molar-refractivity contribution in [3.05, 3.63) is 24.4 Å². The summed E-state index contributed by atoms with van der Waals surface area (Å²) < 4.78 is 7.08. The van der Waals surface area contributed by atoms with Crippen LogP contribution in [0.3, 0.4) is 0 Å². The number of aryl methyl sites for hydroxylation is 1. The fraction of sp³-hybridized carbons (Fsp3) is 0.500. The van der Waals surface area contributed by atoms with Crippen molar-refractivity contribution in [3.63, 3.8) is 0 Å². The Morgan fingerprint density at radius 2 is 1.96 bits per heavy atom. The van der Waals surface area contributed by atoms with Gasteiger partial charge in [0, 0.05) is 25.1 Å². The van der Waals surface area contributed by atoms with Crippen LogP contribution in [-0.2, 0) is 16.6 Å². The molecule has 1 aromatic carbocycles. The van der Waals surface area contributed by atoms with Gasteiger partial charge in [0.2, 0.25) is 5.91 Å². The van der Waals surface area contributed by atoms with Crippen LogP contribution < -0.4 is 9.80 Å². The molecule has 1 aromatic heterocycles. The Balaban J connectivity index is 1.78. The normalized spacial score (nSPS) is 19.0. The number of ether oxygens (including phenoxy) is 1. The molecule has 0 saturated heterocycles. The summed E-state index contributed by atoms with van der Waals surface area (Å²) >= 11 is 0. The first kappa shape index (κ1) is 18.5. The summed E-state index contributed by atoms with van der Waals surface area (Å²) in [6.45, 7) is 6.01. The lowest BCUT2D eigenvalue weighted by molar-refractivity contribution is -0.120. The molecule has 0 bridgehead atoms. The van der Waals surface area contributed by atoms with Crippen molar-refractivity contribution in [2.24, 2.45) is 13.0 Å². The van der Waals surface area contributed by atoms with Gasteiger partial charge < -0.3 is 9.64 Å². The lowest BCUT2D eigenvalue weighted by Gasteiger charge is -2.41. The SMILES string of the molecule is CC(C)OC(=O)N1C[C@H](C)N(C(=O)C2CC2)c2ccc(-c3cn(C)nn3)cc21. The molecule has 0 N–H and O–H groups in total. The van der Waals surface area contributed by atoms with E-state index in [1.807, 2.05) is 50.1 Å². The molecule has 8 nitrogen and oxygen atoms in total. The standard InChI is InChI=1S/C20H25N5O3/c1-12(2)28-20(27)24-10-13(3)25(19(26)14-5-6-14)17-8-7-15(9-18(17)24)16-11-23(4)22-21-16/h7-9,11-14H,5-6,10H2,1-4H3/t13-/m0/s1. The van der Waals surface area contributed by atoms with Crippen LogP contribution in [0.5, 0.6) is 0 Å². The first-order valence-corrected chi connectivity index (χ1v) is 9.67. The maximum atomic E-state index is 12.9. The minimum absolute atomic E-state index is 0.101. The second-order valence-corrected chi connectivity index (χ2v) is 7.86. The van der Waals surface area contributed by atoms with Crippen molar-refractivity contribution in [2.75, 3.05) is 16.3 Å². The number of hydrogen-bond donors (Lipinski definition) is 0. The number of carbonyl (C=O) groups excluding carboxylic acids is 2. The van der Waals surface area contributed by atoms with Crippen molar-refractivity contribution in [3.8, 4) is 11.3 Å². The predicted octanol–water partition coefficient (Wildman–Crippen LogP) is 2.98. The van der Waals surface area contributed by atoms with E-state index < -0.39 is 6.09 Å². The Labute approximate surface area is 164 Å². The molecule has 1 aliphatic carbocycles. The van der Waals surface area contributed by atoms with Crippen LogP contribution in [-0.4, -0.2) is 45.7 Å². The fourth-order valence-corrected chi connectivity index (χ4v) is 3.56. The number of fused-ring (bicyclic) bond motifs is 1. The average Bonchev–Trinajstić information content (AvgIpc) is 3.40. The van der Waals surface area contributed by atoms with Gasteiger partial charge in [0.1, 0.15) is 5.69 Å². The minimum Gasteiger partial charge on any atom is -0.446 e. The Kier molecular flexibility index (Phi) is 4.56. The molecule has 4 rings (SSSR count). The molecular formula is C20H25N5O3. The summed E-state index contributed by atoms with van der Waals surface area (Å²) in [5, 5.41) is 8.14. The summed E-state index contributed by atoms with van der Waals surface area (Å²) in [5.74, 6) is 0.238. The highest BCUT2D eigenvalue weighted by atomic mass is 16.6. The van der Waals surface area contributed by atoms with E-state index in [-0.39, 0.29) is 24.0 Å². The smallest absolute Gasteiger partial charge is 0.414 e. The number of amides is 2. The zero-order chi connectivity index (χ0) is 20.0. The second kappa shape index (κ2) is 6.92. The number of rotatable bonds is 3. The van der Waals surface area contributed by atoms with Crippen LogP contribution in [0.1, 0.15) is 33.6 Å². The van der Waals surface area contributed by atoms with Gasteiger partial charge in [-0.2, -0.15) is 0 Å². The third kappa shape index (κ3) is 3.34. The van der Waals surface area contributed by atoms with Crippen molar-refractivity contribution in [1.82, 2.24) is 15.0 Å². The number of hydrogen-bond acceptors (Lipinski definition) is 5. The molecule has 0 unspecified atom stereocenters. The second-order valence-electron chi connectivity index (χ2n) is 7.86. The summed E-state index contributed by atoms with van der Waals surface area (Å²) in [5.41, 5.74) is 2.95. The van der Waals surface area contributed by atoms with Gasteiger partial charge in [0.15, 0.2) is 0 Å². The molecule has 1 aliphatic heterocycles. The summed E-state index contributed by atoms with van der Waals surface area (Å²) in [6.07, 6.45) is 3.07. The molecule has 0 radical (unpaired) electrons. The molecule has 1 fully saturated rings. The molecule has 1 saturated carbocycles. The molecule has 28 heavy (non-hydrogen) atoms. The molecule has 8 heteroatoms. The zero-order valence-electron chi connectivity index (χ0n) is 16.6. The van der Waals surface area contributed by atoms with Gasteiger partial charge in [-0.1, -0.05) is 11.3 Å². The van der Waals surface area contributed by atoms with Crippen LogP contribution in [0.15, 0.2) is 24.4 Å².